The van der Waals surface area contributed by atoms with Gasteiger partial charge in [0.2, 0.25) is 0 Å². The van der Waals surface area contributed by atoms with Gasteiger partial charge in [0.05, 0.1) is 17.2 Å². The molecule has 19 heavy (non-hydrogen) atoms. The van der Waals surface area contributed by atoms with Crippen molar-refractivity contribution in [1.29, 1.82) is 5.26 Å². The second-order valence-electron chi connectivity index (χ2n) is 6.38. The van der Waals surface area contributed by atoms with Gasteiger partial charge >= 0.3 is 0 Å². The van der Waals surface area contributed by atoms with Crippen molar-refractivity contribution in [2.75, 3.05) is 13.1 Å². The zero-order valence-electron chi connectivity index (χ0n) is 12.0. The van der Waals surface area contributed by atoms with Crippen LogP contribution in [0.5, 0.6) is 0 Å². The van der Waals surface area contributed by atoms with Gasteiger partial charge in [-0.25, -0.2) is 0 Å². The van der Waals surface area contributed by atoms with Gasteiger partial charge in [-0.1, -0.05) is 12.1 Å². The molecular weight excluding hydrogens is 236 g/mol. The highest BCUT2D eigenvalue weighted by atomic mass is 16.3. The Kier molecular flexibility index (Phi) is 3.66. The maximum atomic E-state index is 10.8. The lowest BCUT2D eigenvalue weighted by molar-refractivity contribution is -0.0461. The molecule has 2 rings (SSSR count). The van der Waals surface area contributed by atoms with Gasteiger partial charge in [0.15, 0.2) is 0 Å². The van der Waals surface area contributed by atoms with Crippen LogP contribution in [0.4, 0.5) is 0 Å². The molecule has 1 saturated heterocycles. The summed E-state index contributed by atoms with van der Waals surface area (Å²) in [4.78, 5) is 2.40. The molecule has 1 aromatic carbocycles. The minimum atomic E-state index is -0.783. The Morgan fingerprint density at radius 2 is 1.89 bits per heavy atom. The molecule has 3 nitrogen and oxygen atoms in total. The lowest BCUT2D eigenvalue weighted by atomic mass is 9.82. The van der Waals surface area contributed by atoms with Crippen LogP contribution in [0.2, 0.25) is 0 Å². The Bertz CT molecular complexity index is 488. The lowest BCUT2D eigenvalue weighted by Crippen LogP contribution is -2.50. The molecule has 0 amide bonds. The first-order valence-corrected chi connectivity index (χ1v) is 6.83. The Hall–Kier alpha value is -1.37. The van der Waals surface area contributed by atoms with E-state index in [-0.39, 0.29) is 5.54 Å². The van der Waals surface area contributed by atoms with Crippen molar-refractivity contribution in [1.82, 2.24) is 4.90 Å². The molecule has 1 fully saturated rings. The van der Waals surface area contributed by atoms with Crippen molar-refractivity contribution in [3.63, 3.8) is 0 Å². The van der Waals surface area contributed by atoms with Crippen LogP contribution in [0.15, 0.2) is 24.3 Å². The third kappa shape index (κ3) is 2.97. The molecule has 0 bridgehead atoms. The topological polar surface area (TPSA) is 47.3 Å². The van der Waals surface area contributed by atoms with Gasteiger partial charge in [-0.3, -0.25) is 4.90 Å². The molecule has 0 spiro atoms. The highest BCUT2D eigenvalue weighted by Gasteiger charge is 2.36. The molecule has 1 aliphatic rings. The maximum Gasteiger partial charge on any atom is 0.0991 e. The molecule has 0 atom stereocenters. The normalized spacial score (nSPS) is 19.9. The van der Waals surface area contributed by atoms with Crippen molar-refractivity contribution in [3.8, 4) is 6.07 Å². The monoisotopic (exact) mass is 258 g/mol. The summed E-state index contributed by atoms with van der Waals surface area (Å²) in [6.07, 6.45) is 1.44. The van der Waals surface area contributed by atoms with Crippen LogP contribution in [0.1, 0.15) is 44.7 Å². The molecule has 0 unspecified atom stereocenters. The summed E-state index contributed by atoms with van der Waals surface area (Å²) in [5, 5.41) is 19.8. The van der Waals surface area contributed by atoms with Crippen LogP contribution in [0, 0.1) is 11.3 Å². The summed E-state index contributed by atoms with van der Waals surface area (Å²) in [6, 6.07) is 9.50. The van der Waals surface area contributed by atoms with E-state index in [2.05, 4.69) is 31.7 Å². The van der Waals surface area contributed by atoms with Crippen LogP contribution in [0.25, 0.3) is 0 Å². The first kappa shape index (κ1) is 14.0. The third-order valence-corrected chi connectivity index (χ3v) is 4.07. The zero-order valence-corrected chi connectivity index (χ0v) is 12.0. The fourth-order valence-electron chi connectivity index (χ4n) is 2.71. The number of aliphatic hydroxyl groups is 1. The molecular formula is C16H22N2O. The SMILES string of the molecule is CC(C)(C)N1CCC(O)(c2cccc(C#N)c2)CC1. The van der Waals surface area contributed by atoms with E-state index >= 15 is 0 Å². The number of hydrogen-bond donors (Lipinski definition) is 1. The Morgan fingerprint density at radius 3 is 2.42 bits per heavy atom. The number of piperidine rings is 1. The van der Waals surface area contributed by atoms with E-state index in [1.807, 2.05) is 18.2 Å². The summed E-state index contributed by atoms with van der Waals surface area (Å²) >= 11 is 0. The van der Waals surface area contributed by atoms with Crippen molar-refractivity contribution in [2.45, 2.75) is 44.8 Å². The van der Waals surface area contributed by atoms with E-state index in [1.165, 1.54) is 0 Å². The highest BCUT2D eigenvalue weighted by Crippen LogP contribution is 2.35. The molecule has 1 heterocycles. The van der Waals surface area contributed by atoms with Crippen molar-refractivity contribution >= 4 is 0 Å². The minimum Gasteiger partial charge on any atom is -0.385 e. The van der Waals surface area contributed by atoms with Gasteiger partial charge in [-0.2, -0.15) is 5.26 Å². The molecule has 0 aliphatic carbocycles. The third-order valence-electron chi connectivity index (χ3n) is 4.07. The first-order valence-electron chi connectivity index (χ1n) is 6.83. The van der Waals surface area contributed by atoms with Gasteiger partial charge in [-0.05, 0) is 51.3 Å². The second-order valence-corrected chi connectivity index (χ2v) is 6.38. The number of nitriles is 1. The molecule has 102 valence electrons. The van der Waals surface area contributed by atoms with Crippen molar-refractivity contribution < 1.29 is 5.11 Å². The number of nitrogens with zero attached hydrogens (tertiary/aromatic N) is 2. The number of hydrogen-bond acceptors (Lipinski definition) is 3. The number of benzene rings is 1. The van der Waals surface area contributed by atoms with Gasteiger partial charge in [0.25, 0.3) is 0 Å². The maximum absolute atomic E-state index is 10.8. The van der Waals surface area contributed by atoms with E-state index in [4.69, 9.17) is 5.26 Å². The molecule has 3 heteroatoms. The van der Waals surface area contributed by atoms with E-state index in [9.17, 15) is 5.11 Å². The molecule has 1 N–H and O–H groups in total. The molecule has 0 saturated carbocycles. The van der Waals surface area contributed by atoms with Gasteiger partial charge in [0, 0.05) is 18.6 Å². The second kappa shape index (κ2) is 4.96. The highest BCUT2D eigenvalue weighted by molar-refractivity contribution is 5.35. The number of rotatable bonds is 1. The summed E-state index contributed by atoms with van der Waals surface area (Å²) in [5.74, 6) is 0. The average molecular weight is 258 g/mol. The largest absolute Gasteiger partial charge is 0.385 e. The molecule has 1 aliphatic heterocycles. The molecule has 0 radical (unpaired) electrons. The van der Waals surface area contributed by atoms with E-state index in [0.717, 1.165) is 31.5 Å². The predicted molar refractivity (Wildman–Crippen MR) is 75.6 cm³/mol. The Balaban J connectivity index is 2.16. The average Bonchev–Trinajstić information content (AvgIpc) is 2.38. The molecule has 0 aromatic heterocycles. The van der Waals surface area contributed by atoms with Crippen molar-refractivity contribution in [3.05, 3.63) is 35.4 Å². The van der Waals surface area contributed by atoms with Gasteiger partial charge in [0.1, 0.15) is 0 Å². The van der Waals surface area contributed by atoms with Crippen LogP contribution in [-0.2, 0) is 5.60 Å². The van der Waals surface area contributed by atoms with E-state index in [1.54, 1.807) is 6.07 Å². The van der Waals surface area contributed by atoms with Crippen LogP contribution in [0.3, 0.4) is 0 Å². The Morgan fingerprint density at radius 1 is 1.26 bits per heavy atom. The lowest BCUT2D eigenvalue weighted by Gasteiger charge is -2.44. The zero-order chi connectivity index (χ0) is 14.1. The van der Waals surface area contributed by atoms with Crippen molar-refractivity contribution in [2.24, 2.45) is 0 Å². The summed E-state index contributed by atoms with van der Waals surface area (Å²) in [6.45, 7) is 8.38. The van der Waals surface area contributed by atoms with E-state index < -0.39 is 5.60 Å². The summed E-state index contributed by atoms with van der Waals surface area (Å²) in [7, 11) is 0. The number of likely N-dealkylation sites (tertiary alicyclic amines) is 1. The van der Waals surface area contributed by atoms with Crippen LogP contribution < -0.4 is 0 Å². The van der Waals surface area contributed by atoms with Crippen LogP contribution >= 0.6 is 0 Å². The quantitative estimate of drug-likeness (QED) is 0.842. The summed E-state index contributed by atoms with van der Waals surface area (Å²) in [5.41, 5.74) is 0.856. The summed E-state index contributed by atoms with van der Waals surface area (Å²) < 4.78 is 0. The fourth-order valence-corrected chi connectivity index (χ4v) is 2.71. The van der Waals surface area contributed by atoms with Crippen LogP contribution in [-0.4, -0.2) is 28.6 Å². The minimum absolute atomic E-state index is 0.149. The standard InChI is InChI=1S/C16H22N2O/c1-15(2,3)18-9-7-16(19,8-10-18)14-6-4-5-13(11-14)12-17/h4-6,11,19H,7-10H2,1-3H3. The van der Waals surface area contributed by atoms with Gasteiger partial charge < -0.3 is 5.11 Å². The fraction of sp³-hybridized carbons (Fsp3) is 0.562. The van der Waals surface area contributed by atoms with Gasteiger partial charge in [-0.15, -0.1) is 0 Å². The predicted octanol–water partition coefficient (Wildman–Crippen LogP) is 2.64. The smallest absolute Gasteiger partial charge is 0.0991 e. The first-order chi connectivity index (χ1) is 8.85. The molecule has 1 aromatic rings. The Labute approximate surface area is 115 Å². The van der Waals surface area contributed by atoms with E-state index in [0.29, 0.717) is 5.56 Å².